The third-order valence-electron chi connectivity index (χ3n) is 10.9. The van der Waals surface area contributed by atoms with E-state index in [1.165, 1.54) is 96.3 Å². The average Bonchev–Trinajstić information content (AvgIpc) is 3.20. The number of aliphatic hydroxyl groups is 2. The molecule has 3 N–H and O–H groups in total. The first kappa shape index (κ1) is 54.8. The summed E-state index contributed by atoms with van der Waals surface area (Å²) in [6, 6.07) is -0.707. The van der Waals surface area contributed by atoms with E-state index in [1.807, 2.05) is 0 Å². The van der Waals surface area contributed by atoms with E-state index >= 15 is 0 Å². The van der Waals surface area contributed by atoms with Crippen molar-refractivity contribution in [3.63, 3.8) is 0 Å². The van der Waals surface area contributed by atoms with Gasteiger partial charge in [-0.2, -0.15) is 0 Å². The van der Waals surface area contributed by atoms with Crippen molar-refractivity contribution >= 4 is 11.9 Å². The van der Waals surface area contributed by atoms with Crippen LogP contribution in [0, 0.1) is 0 Å². The van der Waals surface area contributed by atoms with Gasteiger partial charge in [0.15, 0.2) is 0 Å². The number of unbranched alkanes of at least 4 members (excludes halogenated alkanes) is 23. The van der Waals surface area contributed by atoms with E-state index in [0.717, 1.165) is 96.3 Å². The highest BCUT2D eigenvalue weighted by Gasteiger charge is 2.24. The normalized spacial score (nSPS) is 13.7. The Labute approximate surface area is 353 Å². The van der Waals surface area contributed by atoms with Crippen LogP contribution in [0.5, 0.6) is 0 Å². The molecule has 0 aromatic heterocycles. The van der Waals surface area contributed by atoms with Gasteiger partial charge >= 0.3 is 5.97 Å². The second kappa shape index (κ2) is 44.9. The lowest BCUT2D eigenvalue weighted by molar-refractivity contribution is -0.151. The van der Waals surface area contributed by atoms with Gasteiger partial charge in [-0.05, 0) is 77.0 Å². The molecule has 0 bridgehead atoms. The largest absolute Gasteiger partial charge is 0.462 e. The highest BCUT2D eigenvalue weighted by Crippen LogP contribution is 2.17. The summed E-state index contributed by atoms with van der Waals surface area (Å²) in [5, 5.41) is 23.7. The van der Waals surface area contributed by atoms with E-state index in [2.05, 4.69) is 74.7 Å². The fourth-order valence-corrected chi connectivity index (χ4v) is 7.19. The van der Waals surface area contributed by atoms with Gasteiger partial charge in [-0.3, -0.25) is 9.59 Å². The quantitative estimate of drug-likeness (QED) is 0.0324. The molecule has 0 aliphatic carbocycles. The lowest BCUT2D eigenvalue weighted by Crippen LogP contribution is -2.46. The first-order valence-electron chi connectivity index (χ1n) is 24.4. The van der Waals surface area contributed by atoms with Crippen LogP contribution < -0.4 is 5.32 Å². The molecule has 1 amide bonds. The van der Waals surface area contributed by atoms with E-state index in [4.69, 9.17) is 4.74 Å². The predicted molar refractivity (Wildman–Crippen MR) is 245 cm³/mol. The summed E-state index contributed by atoms with van der Waals surface area (Å²) in [6.07, 6.45) is 53.2. The van der Waals surface area contributed by atoms with Crippen LogP contribution in [0.1, 0.15) is 239 Å². The Bertz CT molecular complexity index is 988. The topological polar surface area (TPSA) is 95.9 Å². The predicted octanol–water partition coefficient (Wildman–Crippen LogP) is 14.3. The molecule has 0 heterocycles. The second-order valence-corrected chi connectivity index (χ2v) is 16.5. The Morgan fingerprint density at radius 2 is 0.965 bits per heavy atom. The van der Waals surface area contributed by atoms with Gasteiger partial charge in [0.25, 0.3) is 0 Å². The van der Waals surface area contributed by atoms with Gasteiger partial charge in [0, 0.05) is 6.42 Å². The van der Waals surface area contributed by atoms with Crippen molar-refractivity contribution in [1.82, 2.24) is 5.32 Å². The van der Waals surface area contributed by atoms with Crippen molar-refractivity contribution in [2.24, 2.45) is 0 Å². The van der Waals surface area contributed by atoms with Gasteiger partial charge in [0.1, 0.15) is 6.10 Å². The van der Waals surface area contributed by atoms with Crippen LogP contribution in [-0.4, -0.2) is 46.9 Å². The summed E-state index contributed by atoms with van der Waals surface area (Å²) in [5.74, 6) is -0.505. The highest BCUT2D eigenvalue weighted by atomic mass is 16.5. The SMILES string of the molecule is CC/C=C/C/C=C/C/C=C/CCCCCCCCC(=O)OC(CCCCC/C=C\CCCC)CC(=O)NC(CO)C(O)CCCCCCCCCCCCCCC. The zero-order valence-corrected chi connectivity index (χ0v) is 37.7. The summed E-state index contributed by atoms with van der Waals surface area (Å²) in [7, 11) is 0. The van der Waals surface area contributed by atoms with Gasteiger partial charge in [-0.25, -0.2) is 0 Å². The number of esters is 1. The van der Waals surface area contributed by atoms with Gasteiger partial charge < -0.3 is 20.3 Å². The zero-order chi connectivity index (χ0) is 41.7. The molecule has 0 aliphatic heterocycles. The molecule has 0 radical (unpaired) electrons. The van der Waals surface area contributed by atoms with Gasteiger partial charge in [-0.15, -0.1) is 0 Å². The lowest BCUT2D eigenvalue weighted by atomic mass is 10.0. The van der Waals surface area contributed by atoms with E-state index < -0.39 is 18.2 Å². The van der Waals surface area contributed by atoms with Crippen molar-refractivity contribution in [3.05, 3.63) is 48.6 Å². The average molecular weight is 800 g/mol. The Morgan fingerprint density at radius 3 is 1.53 bits per heavy atom. The minimum absolute atomic E-state index is 0.0612. The maximum Gasteiger partial charge on any atom is 0.306 e. The van der Waals surface area contributed by atoms with Crippen molar-refractivity contribution < 1.29 is 24.5 Å². The van der Waals surface area contributed by atoms with E-state index in [9.17, 15) is 19.8 Å². The number of amides is 1. The van der Waals surface area contributed by atoms with Gasteiger partial charge in [0.2, 0.25) is 5.91 Å². The first-order chi connectivity index (χ1) is 28.0. The Hall–Kier alpha value is -2.18. The van der Waals surface area contributed by atoms with Crippen LogP contribution in [0.4, 0.5) is 0 Å². The van der Waals surface area contributed by atoms with Crippen molar-refractivity contribution in [2.45, 2.75) is 257 Å². The Kier molecular flexibility index (Phi) is 43.2. The third kappa shape index (κ3) is 40.4. The fourth-order valence-electron chi connectivity index (χ4n) is 7.19. The zero-order valence-electron chi connectivity index (χ0n) is 37.7. The maximum atomic E-state index is 13.1. The summed E-state index contributed by atoms with van der Waals surface area (Å²) < 4.78 is 5.89. The number of hydrogen-bond acceptors (Lipinski definition) is 5. The number of carbonyl (C=O) groups excluding carboxylic acids is 2. The molecule has 0 fully saturated rings. The van der Waals surface area contributed by atoms with Crippen molar-refractivity contribution in [2.75, 3.05) is 6.61 Å². The van der Waals surface area contributed by atoms with E-state index in [0.29, 0.717) is 19.3 Å². The Balaban J connectivity index is 4.51. The fraction of sp³-hybridized carbons (Fsp3) is 0.804. The molecule has 3 unspecified atom stereocenters. The first-order valence-corrected chi connectivity index (χ1v) is 24.4. The molecule has 0 saturated carbocycles. The van der Waals surface area contributed by atoms with Crippen LogP contribution in [-0.2, 0) is 14.3 Å². The molecule has 0 spiro atoms. The minimum atomic E-state index is -0.792. The summed E-state index contributed by atoms with van der Waals surface area (Å²) >= 11 is 0. The molecule has 0 aromatic carbocycles. The standard InChI is InChI=1S/C51H93NO5/c1-4-7-10-13-16-19-21-23-24-25-27-29-32-35-38-41-44-51(56)57-47(42-39-36-33-30-18-15-12-9-6-3)45-50(55)52-48(46-53)49(54)43-40-37-34-31-28-26-22-20-17-14-11-8-5-2/h7,10,15-16,18-19,23-24,47-49,53-54H,4-6,8-9,11-14,17,20-22,25-46H2,1-3H3,(H,52,55)/b10-7+,18-15-,19-16+,24-23+. The van der Waals surface area contributed by atoms with Gasteiger partial charge in [-0.1, -0.05) is 198 Å². The van der Waals surface area contributed by atoms with Crippen LogP contribution in [0.3, 0.4) is 0 Å². The lowest BCUT2D eigenvalue weighted by Gasteiger charge is -2.24. The van der Waals surface area contributed by atoms with Crippen molar-refractivity contribution in [1.29, 1.82) is 0 Å². The molecule has 0 aromatic rings. The number of allylic oxidation sites excluding steroid dienone is 8. The number of rotatable bonds is 43. The van der Waals surface area contributed by atoms with Crippen molar-refractivity contribution in [3.8, 4) is 0 Å². The van der Waals surface area contributed by atoms with Crippen LogP contribution in [0.25, 0.3) is 0 Å². The van der Waals surface area contributed by atoms with E-state index in [1.54, 1.807) is 0 Å². The minimum Gasteiger partial charge on any atom is -0.462 e. The molecule has 6 heteroatoms. The molecule has 332 valence electrons. The van der Waals surface area contributed by atoms with Crippen LogP contribution >= 0.6 is 0 Å². The number of ether oxygens (including phenoxy) is 1. The molecule has 0 aliphatic rings. The molecule has 6 nitrogen and oxygen atoms in total. The molecule has 0 rings (SSSR count). The molecule has 0 saturated heterocycles. The molecular weight excluding hydrogens is 707 g/mol. The number of aliphatic hydroxyl groups excluding tert-OH is 2. The number of nitrogens with one attached hydrogen (secondary N) is 1. The smallest absolute Gasteiger partial charge is 0.306 e. The molecular formula is C51H93NO5. The van der Waals surface area contributed by atoms with Crippen LogP contribution in [0.15, 0.2) is 48.6 Å². The number of carbonyl (C=O) groups is 2. The maximum absolute atomic E-state index is 13.1. The monoisotopic (exact) mass is 800 g/mol. The van der Waals surface area contributed by atoms with E-state index in [-0.39, 0.29) is 24.9 Å². The van der Waals surface area contributed by atoms with Crippen LogP contribution in [0.2, 0.25) is 0 Å². The third-order valence-corrected chi connectivity index (χ3v) is 10.9. The highest BCUT2D eigenvalue weighted by molar-refractivity contribution is 5.77. The molecule has 3 atom stereocenters. The summed E-state index contributed by atoms with van der Waals surface area (Å²) in [5.41, 5.74) is 0. The summed E-state index contributed by atoms with van der Waals surface area (Å²) in [6.45, 7) is 6.32. The summed E-state index contributed by atoms with van der Waals surface area (Å²) in [4.78, 5) is 26.0. The molecule has 57 heavy (non-hydrogen) atoms. The second-order valence-electron chi connectivity index (χ2n) is 16.5. The van der Waals surface area contributed by atoms with Gasteiger partial charge in [0.05, 0.1) is 25.2 Å². The number of hydrogen-bond donors (Lipinski definition) is 3. The Morgan fingerprint density at radius 1 is 0.526 bits per heavy atom.